The zero-order chi connectivity index (χ0) is 9.84. The van der Waals surface area contributed by atoms with Gasteiger partial charge in [0.1, 0.15) is 6.04 Å². The molecule has 0 aromatic rings. The number of rotatable bonds is 3. The lowest BCUT2D eigenvalue weighted by molar-refractivity contribution is -0.128. The number of ether oxygens (including phenoxy) is 1. The van der Waals surface area contributed by atoms with Gasteiger partial charge in [-0.3, -0.25) is 9.69 Å². The summed E-state index contributed by atoms with van der Waals surface area (Å²) in [6.07, 6.45) is 0. The van der Waals surface area contributed by atoms with E-state index in [0.29, 0.717) is 19.8 Å². The number of hydrogen-bond donors (Lipinski definition) is 1. The van der Waals surface area contributed by atoms with Gasteiger partial charge in [-0.25, -0.2) is 0 Å². The standard InChI is InChI=1S/C8H13BrN2O2/c1-6(9)4-11-2-3-13-5-7(11)8(10)12/h7H,1-5H2,(H2,10,12)/t7-/m1/s1. The van der Waals surface area contributed by atoms with Gasteiger partial charge < -0.3 is 10.5 Å². The second-order valence-corrected chi connectivity index (χ2v) is 4.10. The van der Waals surface area contributed by atoms with Crippen LogP contribution in [-0.4, -0.2) is 43.2 Å². The van der Waals surface area contributed by atoms with E-state index in [9.17, 15) is 4.79 Å². The van der Waals surface area contributed by atoms with E-state index in [1.807, 2.05) is 4.90 Å². The number of carbonyl (C=O) groups excluding carboxylic acids is 1. The van der Waals surface area contributed by atoms with E-state index in [-0.39, 0.29) is 11.9 Å². The van der Waals surface area contributed by atoms with Crippen molar-refractivity contribution in [2.45, 2.75) is 6.04 Å². The quantitative estimate of drug-likeness (QED) is 0.770. The van der Waals surface area contributed by atoms with Crippen LogP contribution < -0.4 is 5.73 Å². The minimum absolute atomic E-state index is 0.317. The predicted octanol–water partition coefficient (Wildman–Crippen LogP) is 0.0811. The fourth-order valence-corrected chi connectivity index (χ4v) is 1.63. The van der Waals surface area contributed by atoms with Gasteiger partial charge in [-0.15, -0.1) is 0 Å². The number of nitrogens with two attached hydrogens (primary N) is 1. The molecule has 1 fully saturated rings. The summed E-state index contributed by atoms with van der Waals surface area (Å²) in [5, 5.41) is 0. The number of hydrogen-bond acceptors (Lipinski definition) is 3. The minimum atomic E-state index is -0.339. The van der Waals surface area contributed by atoms with Crippen LogP contribution in [0.3, 0.4) is 0 Å². The molecule has 1 aliphatic heterocycles. The zero-order valence-corrected chi connectivity index (χ0v) is 8.92. The molecule has 0 spiro atoms. The molecule has 0 saturated carbocycles. The van der Waals surface area contributed by atoms with Crippen molar-refractivity contribution in [1.29, 1.82) is 0 Å². The molecule has 0 aromatic carbocycles. The summed E-state index contributed by atoms with van der Waals surface area (Å²) in [4.78, 5) is 13.0. The Hall–Kier alpha value is -0.390. The molecule has 1 heterocycles. The fraction of sp³-hybridized carbons (Fsp3) is 0.625. The van der Waals surface area contributed by atoms with Crippen LogP contribution in [0.5, 0.6) is 0 Å². The fourth-order valence-electron chi connectivity index (χ4n) is 1.31. The maximum atomic E-state index is 11.0. The summed E-state index contributed by atoms with van der Waals surface area (Å²) in [6.45, 7) is 6.11. The Bertz CT molecular complexity index is 220. The van der Waals surface area contributed by atoms with E-state index >= 15 is 0 Å². The third-order valence-corrected chi connectivity index (χ3v) is 2.19. The van der Waals surface area contributed by atoms with Gasteiger partial charge in [-0.2, -0.15) is 0 Å². The van der Waals surface area contributed by atoms with Crippen LogP contribution in [0, 0.1) is 0 Å². The zero-order valence-electron chi connectivity index (χ0n) is 7.33. The van der Waals surface area contributed by atoms with Gasteiger partial charge >= 0.3 is 0 Å². The van der Waals surface area contributed by atoms with Crippen LogP contribution in [0.25, 0.3) is 0 Å². The van der Waals surface area contributed by atoms with Crippen LogP contribution in [0.1, 0.15) is 0 Å². The van der Waals surface area contributed by atoms with Gasteiger partial charge in [-0.1, -0.05) is 22.5 Å². The molecule has 0 aromatic heterocycles. The average Bonchev–Trinajstić information content (AvgIpc) is 2.03. The monoisotopic (exact) mass is 248 g/mol. The van der Waals surface area contributed by atoms with E-state index < -0.39 is 0 Å². The Morgan fingerprint density at radius 3 is 3.00 bits per heavy atom. The van der Waals surface area contributed by atoms with E-state index in [1.165, 1.54) is 0 Å². The Balaban J connectivity index is 2.56. The summed E-state index contributed by atoms with van der Waals surface area (Å²) in [5.74, 6) is -0.339. The Labute approximate surface area is 85.8 Å². The van der Waals surface area contributed by atoms with Crippen molar-refractivity contribution in [2.75, 3.05) is 26.3 Å². The molecule has 4 nitrogen and oxygen atoms in total. The SMILES string of the molecule is C=C(Br)CN1CCOC[C@@H]1C(N)=O. The smallest absolute Gasteiger partial charge is 0.237 e. The highest BCUT2D eigenvalue weighted by Gasteiger charge is 2.27. The van der Waals surface area contributed by atoms with Crippen LogP contribution in [0.2, 0.25) is 0 Å². The van der Waals surface area contributed by atoms with E-state index in [2.05, 4.69) is 22.5 Å². The molecule has 2 N–H and O–H groups in total. The lowest BCUT2D eigenvalue weighted by Gasteiger charge is -2.33. The highest BCUT2D eigenvalue weighted by atomic mass is 79.9. The maximum Gasteiger partial charge on any atom is 0.237 e. The van der Waals surface area contributed by atoms with E-state index in [0.717, 1.165) is 11.0 Å². The predicted molar refractivity (Wildman–Crippen MR) is 53.4 cm³/mol. The Kier molecular flexibility index (Phi) is 3.90. The number of primary amides is 1. The topological polar surface area (TPSA) is 55.6 Å². The van der Waals surface area contributed by atoms with Crippen LogP contribution in [0.4, 0.5) is 0 Å². The molecule has 5 heteroatoms. The summed E-state index contributed by atoms with van der Waals surface area (Å²) in [5.41, 5.74) is 5.23. The van der Waals surface area contributed by atoms with Gasteiger partial charge in [0.25, 0.3) is 0 Å². The van der Waals surface area contributed by atoms with Gasteiger partial charge in [0.05, 0.1) is 13.2 Å². The lowest BCUT2D eigenvalue weighted by atomic mass is 10.2. The van der Waals surface area contributed by atoms with Crippen molar-refractivity contribution in [3.05, 3.63) is 11.1 Å². The third-order valence-electron chi connectivity index (χ3n) is 1.94. The molecule has 13 heavy (non-hydrogen) atoms. The minimum Gasteiger partial charge on any atom is -0.378 e. The molecule has 1 rings (SSSR count). The van der Waals surface area contributed by atoms with E-state index in [4.69, 9.17) is 10.5 Å². The van der Waals surface area contributed by atoms with Crippen LogP contribution >= 0.6 is 15.9 Å². The van der Waals surface area contributed by atoms with Crippen molar-refractivity contribution in [3.63, 3.8) is 0 Å². The first kappa shape index (κ1) is 10.7. The van der Waals surface area contributed by atoms with Crippen molar-refractivity contribution in [3.8, 4) is 0 Å². The molecule has 0 radical (unpaired) electrons. The number of nitrogens with zero attached hydrogens (tertiary/aromatic N) is 1. The molecule has 0 bridgehead atoms. The summed E-state index contributed by atoms with van der Waals surface area (Å²) < 4.78 is 6.02. The van der Waals surface area contributed by atoms with Crippen molar-refractivity contribution >= 4 is 21.8 Å². The first-order valence-electron chi connectivity index (χ1n) is 4.05. The number of carbonyl (C=O) groups is 1. The summed E-state index contributed by atoms with van der Waals surface area (Å²) in [7, 11) is 0. The first-order chi connectivity index (χ1) is 6.11. The molecular formula is C8H13BrN2O2. The highest BCUT2D eigenvalue weighted by Crippen LogP contribution is 2.11. The number of halogens is 1. The van der Waals surface area contributed by atoms with Gasteiger partial charge in [0.15, 0.2) is 0 Å². The maximum absolute atomic E-state index is 11.0. The van der Waals surface area contributed by atoms with Gasteiger partial charge in [-0.05, 0) is 0 Å². The van der Waals surface area contributed by atoms with Crippen molar-refractivity contribution < 1.29 is 9.53 Å². The van der Waals surface area contributed by atoms with Gasteiger partial charge in [0.2, 0.25) is 5.91 Å². The second-order valence-electron chi connectivity index (χ2n) is 2.98. The molecule has 1 amide bonds. The first-order valence-corrected chi connectivity index (χ1v) is 4.85. The van der Waals surface area contributed by atoms with Crippen LogP contribution in [-0.2, 0) is 9.53 Å². The second kappa shape index (κ2) is 4.74. The Morgan fingerprint density at radius 1 is 1.77 bits per heavy atom. The molecule has 1 aliphatic rings. The average molecular weight is 249 g/mol. The largest absolute Gasteiger partial charge is 0.378 e. The van der Waals surface area contributed by atoms with Gasteiger partial charge in [0, 0.05) is 17.6 Å². The van der Waals surface area contributed by atoms with Crippen molar-refractivity contribution in [1.82, 2.24) is 4.90 Å². The molecular weight excluding hydrogens is 236 g/mol. The summed E-state index contributed by atoms with van der Waals surface area (Å²) >= 11 is 3.26. The number of amides is 1. The normalized spacial score (nSPS) is 24.2. The number of morpholine rings is 1. The van der Waals surface area contributed by atoms with E-state index in [1.54, 1.807) is 0 Å². The molecule has 74 valence electrons. The molecule has 1 saturated heterocycles. The highest BCUT2D eigenvalue weighted by molar-refractivity contribution is 9.11. The molecule has 1 atom stereocenters. The van der Waals surface area contributed by atoms with Crippen LogP contribution in [0.15, 0.2) is 11.1 Å². The lowest BCUT2D eigenvalue weighted by Crippen LogP contribution is -2.52. The summed E-state index contributed by atoms with van der Waals surface area (Å²) in [6, 6.07) is -0.317. The third kappa shape index (κ3) is 3.10. The Morgan fingerprint density at radius 2 is 2.46 bits per heavy atom. The molecule has 0 unspecified atom stereocenters. The molecule has 0 aliphatic carbocycles. The van der Waals surface area contributed by atoms with Crippen molar-refractivity contribution in [2.24, 2.45) is 5.73 Å².